The highest BCUT2D eigenvalue weighted by atomic mass is 19.4. The van der Waals surface area contributed by atoms with Gasteiger partial charge in [-0.2, -0.15) is 13.2 Å². The van der Waals surface area contributed by atoms with E-state index < -0.39 is 30.2 Å². The van der Waals surface area contributed by atoms with Gasteiger partial charge in [0.1, 0.15) is 6.54 Å². The molecule has 1 aliphatic rings. The van der Waals surface area contributed by atoms with E-state index in [1.807, 2.05) is 5.32 Å². The molecule has 90 valence electrons. The average Bonchev–Trinajstić information content (AvgIpc) is 2.56. The third-order valence-electron chi connectivity index (χ3n) is 2.29. The van der Waals surface area contributed by atoms with Gasteiger partial charge in [-0.25, -0.2) is 4.79 Å². The second-order valence-electron chi connectivity index (χ2n) is 3.45. The van der Waals surface area contributed by atoms with Gasteiger partial charge >= 0.3 is 12.2 Å². The van der Waals surface area contributed by atoms with Crippen molar-refractivity contribution in [1.29, 1.82) is 0 Å². The number of halogens is 3. The van der Waals surface area contributed by atoms with E-state index in [1.54, 1.807) is 0 Å². The summed E-state index contributed by atoms with van der Waals surface area (Å²) in [7, 11) is 0. The van der Waals surface area contributed by atoms with Gasteiger partial charge in [-0.1, -0.05) is 12.1 Å². The summed E-state index contributed by atoms with van der Waals surface area (Å²) in [5.74, 6) is -0.619. The number of benzene rings is 1. The molecule has 0 aromatic heterocycles. The Morgan fingerprint density at radius 2 is 1.82 bits per heavy atom. The van der Waals surface area contributed by atoms with Gasteiger partial charge in [0.15, 0.2) is 0 Å². The fourth-order valence-corrected chi connectivity index (χ4v) is 1.58. The van der Waals surface area contributed by atoms with Crippen molar-refractivity contribution >= 4 is 17.6 Å². The Balaban J connectivity index is 2.46. The Kier molecular flexibility index (Phi) is 2.53. The maximum Gasteiger partial charge on any atom is 0.418 e. The number of carbonyl (C=O) groups excluding carboxylic acids is 2. The fraction of sp³-hybridized carbons (Fsp3) is 0.200. The molecule has 1 aliphatic heterocycles. The van der Waals surface area contributed by atoms with Crippen LogP contribution in [0.15, 0.2) is 24.3 Å². The molecule has 0 unspecified atom stereocenters. The van der Waals surface area contributed by atoms with Gasteiger partial charge in [0.2, 0.25) is 5.91 Å². The van der Waals surface area contributed by atoms with Crippen LogP contribution in [-0.4, -0.2) is 18.5 Å². The summed E-state index contributed by atoms with van der Waals surface area (Å²) in [6, 6.07) is 3.78. The first kappa shape index (κ1) is 11.4. The van der Waals surface area contributed by atoms with Crippen molar-refractivity contribution in [3.8, 4) is 0 Å². The smallest absolute Gasteiger partial charge is 0.284 e. The molecule has 0 spiro atoms. The largest absolute Gasteiger partial charge is 0.418 e. The summed E-state index contributed by atoms with van der Waals surface area (Å²) < 4.78 is 38.0. The Hall–Kier alpha value is -2.05. The number of para-hydroxylation sites is 1. The molecule has 1 heterocycles. The highest BCUT2D eigenvalue weighted by molar-refractivity contribution is 6.12. The highest BCUT2D eigenvalue weighted by Gasteiger charge is 2.38. The van der Waals surface area contributed by atoms with E-state index in [9.17, 15) is 22.8 Å². The third-order valence-corrected chi connectivity index (χ3v) is 2.29. The topological polar surface area (TPSA) is 49.4 Å². The molecule has 1 saturated heterocycles. The van der Waals surface area contributed by atoms with Crippen LogP contribution in [0.25, 0.3) is 0 Å². The third kappa shape index (κ3) is 2.08. The molecular weight excluding hydrogens is 237 g/mol. The molecular formula is C10H7F3N2O2. The SMILES string of the molecule is O=C1CN(c2ccccc2C(F)(F)F)C(=O)N1. The van der Waals surface area contributed by atoms with Crippen LogP contribution >= 0.6 is 0 Å². The first-order valence-electron chi connectivity index (χ1n) is 4.67. The summed E-state index contributed by atoms with van der Waals surface area (Å²) in [4.78, 5) is 23.0. The van der Waals surface area contributed by atoms with Crippen LogP contribution < -0.4 is 10.2 Å². The number of nitrogens with zero attached hydrogens (tertiary/aromatic N) is 1. The number of amides is 3. The molecule has 2 rings (SSSR count). The van der Waals surface area contributed by atoms with Crippen LogP contribution in [0, 0.1) is 0 Å². The lowest BCUT2D eigenvalue weighted by Crippen LogP contribution is -2.29. The van der Waals surface area contributed by atoms with Gasteiger partial charge in [0.25, 0.3) is 0 Å². The van der Waals surface area contributed by atoms with Gasteiger partial charge in [-0.05, 0) is 12.1 Å². The Morgan fingerprint density at radius 3 is 2.35 bits per heavy atom. The molecule has 1 aromatic rings. The predicted molar refractivity (Wildman–Crippen MR) is 52.3 cm³/mol. The first-order valence-corrected chi connectivity index (χ1v) is 4.67. The van der Waals surface area contributed by atoms with Crippen molar-refractivity contribution in [1.82, 2.24) is 5.32 Å². The van der Waals surface area contributed by atoms with Crippen molar-refractivity contribution < 1.29 is 22.8 Å². The van der Waals surface area contributed by atoms with E-state index in [4.69, 9.17) is 0 Å². The predicted octanol–water partition coefficient (Wildman–Crippen LogP) is 1.76. The van der Waals surface area contributed by atoms with Crippen LogP contribution in [-0.2, 0) is 11.0 Å². The number of imide groups is 1. The van der Waals surface area contributed by atoms with Crippen molar-refractivity contribution in [3.05, 3.63) is 29.8 Å². The van der Waals surface area contributed by atoms with Crippen LogP contribution in [0.3, 0.4) is 0 Å². The monoisotopic (exact) mass is 244 g/mol. The molecule has 1 N–H and O–H groups in total. The Labute approximate surface area is 94.0 Å². The second kappa shape index (κ2) is 3.76. The summed E-state index contributed by atoms with van der Waals surface area (Å²) in [5.41, 5.74) is -1.26. The number of hydrogen-bond donors (Lipinski definition) is 1. The lowest BCUT2D eigenvalue weighted by molar-refractivity contribution is -0.137. The number of urea groups is 1. The zero-order valence-corrected chi connectivity index (χ0v) is 8.41. The zero-order chi connectivity index (χ0) is 12.6. The molecule has 4 nitrogen and oxygen atoms in total. The maximum atomic E-state index is 12.7. The van der Waals surface area contributed by atoms with Crippen molar-refractivity contribution in [2.45, 2.75) is 6.18 Å². The lowest BCUT2D eigenvalue weighted by Gasteiger charge is -2.18. The molecule has 3 amide bonds. The van der Waals surface area contributed by atoms with Gasteiger partial charge in [0.05, 0.1) is 11.3 Å². The summed E-state index contributed by atoms with van der Waals surface area (Å²) in [6.45, 7) is -0.397. The normalized spacial score (nSPS) is 16.3. The quantitative estimate of drug-likeness (QED) is 0.765. The van der Waals surface area contributed by atoms with Gasteiger partial charge in [0, 0.05) is 0 Å². The number of rotatable bonds is 1. The average molecular weight is 244 g/mol. The molecule has 1 fully saturated rings. The second-order valence-corrected chi connectivity index (χ2v) is 3.45. The number of anilines is 1. The minimum absolute atomic E-state index is 0.316. The van der Waals surface area contributed by atoms with Crippen LogP contribution in [0.1, 0.15) is 5.56 Å². The standard InChI is InChI=1S/C10H7F3N2O2/c11-10(12,13)6-3-1-2-4-7(6)15-5-8(16)14-9(15)17/h1-4H,5H2,(H,14,16,17). The number of hydrogen-bond acceptors (Lipinski definition) is 2. The first-order chi connectivity index (χ1) is 7.89. The number of nitrogens with one attached hydrogen (secondary N) is 1. The number of carbonyl (C=O) groups is 2. The van der Waals surface area contributed by atoms with Gasteiger partial charge in [-0.3, -0.25) is 15.0 Å². The highest BCUT2D eigenvalue weighted by Crippen LogP contribution is 2.36. The molecule has 0 bridgehead atoms. The summed E-state index contributed by atoms with van der Waals surface area (Å²) in [6.07, 6.45) is -4.57. The van der Waals surface area contributed by atoms with E-state index in [2.05, 4.69) is 0 Å². The molecule has 0 saturated carbocycles. The Bertz CT molecular complexity index is 485. The molecule has 17 heavy (non-hydrogen) atoms. The number of alkyl halides is 3. The van der Waals surface area contributed by atoms with E-state index in [1.165, 1.54) is 12.1 Å². The van der Waals surface area contributed by atoms with Crippen molar-refractivity contribution in [2.24, 2.45) is 0 Å². The zero-order valence-electron chi connectivity index (χ0n) is 8.41. The maximum absolute atomic E-state index is 12.7. The minimum Gasteiger partial charge on any atom is -0.284 e. The van der Waals surface area contributed by atoms with Crippen LogP contribution in [0.4, 0.5) is 23.7 Å². The molecule has 1 aromatic carbocycles. The van der Waals surface area contributed by atoms with Crippen molar-refractivity contribution in [2.75, 3.05) is 11.4 Å². The Morgan fingerprint density at radius 1 is 1.18 bits per heavy atom. The van der Waals surface area contributed by atoms with E-state index >= 15 is 0 Å². The lowest BCUT2D eigenvalue weighted by atomic mass is 10.1. The summed E-state index contributed by atoms with van der Waals surface area (Å²) >= 11 is 0. The molecule has 0 aliphatic carbocycles. The molecule has 0 radical (unpaired) electrons. The molecule has 7 heteroatoms. The van der Waals surface area contributed by atoms with Gasteiger partial charge < -0.3 is 0 Å². The summed E-state index contributed by atoms with van der Waals surface area (Å²) in [5, 5.41) is 1.92. The van der Waals surface area contributed by atoms with Crippen LogP contribution in [0.2, 0.25) is 0 Å². The minimum atomic E-state index is -4.57. The van der Waals surface area contributed by atoms with E-state index in [0.717, 1.165) is 17.0 Å². The van der Waals surface area contributed by atoms with Crippen LogP contribution in [0.5, 0.6) is 0 Å². The molecule has 0 atom stereocenters. The van der Waals surface area contributed by atoms with E-state index in [-0.39, 0.29) is 5.69 Å². The fourth-order valence-electron chi connectivity index (χ4n) is 1.58. The van der Waals surface area contributed by atoms with Gasteiger partial charge in [-0.15, -0.1) is 0 Å². The van der Waals surface area contributed by atoms with Crippen molar-refractivity contribution in [3.63, 3.8) is 0 Å². The van der Waals surface area contributed by atoms with E-state index in [0.29, 0.717) is 0 Å².